The van der Waals surface area contributed by atoms with Gasteiger partial charge in [0.2, 0.25) is 27.7 Å². The molecule has 30 heavy (non-hydrogen) atoms. The molecule has 3 amide bonds. The molecule has 2 rings (SSSR count). The number of nitrogens with two attached hydrogens (primary N) is 1. The number of carboxylic acids is 1. The Balaban J connectivity index is 2.11. The molecule has 0 unspecified atom stereocenters. The fraction of sp³-hybridized carbons (Fsp3) is 0.444. The number of rotatable bonds is 9. The highest BCUT2D eigenvalue weighted by Gasteiger charge is 2.38. The Hall–Kier alpha value is -2.99. The molecule has 4 N–H and O–H groups in total. The van der Waals surface area contributed by atoms with E-state index < -0.39 is 40.4 Å². The van der Waals surface area contributed by atoms with Crippen LogP contribution < -0.4 is 11.1 Å². The molecule has 0 radical (unpaired) electrons. The van der Waals surface area contributed by atoms with Gasteiger partial charge in [-0.15, -0.1) is 0 Å². The van der Waals surface area contributed by atoms with Gasteiger partial charge in [0.25, 0.3) is 0 Å². The van der Waals surface area contributed by atoms with Crippen molar-refractivity contribution >= 4 is 39.4 Å². The molecular weight excluding hydrogens is 416 g/mol. The van der Waals surface area contributed by atoms with Crippen LogP contribution in [0.1, 0.15) is 26.2 Å². The maximum atomic E-state index is 12.8. The predicted octanol–water partition coefficient (Wildman–Crippen LogP) is -0.413. The summed E-state index contributed by atoms with van der Waals surface area (Å²) in [6, 6.07) is 4.29. The van der Waals surface area contributed by atoms with Crippen LogP contribution in [0.3, 0.4) is 0 Å². The molecule has 164 valence electrons. The van der Waals surface area contributed by atoms with Crippen LogP contribution >= 0.6 is 0 Å². The average molecular weight is 440 g/mol. The molecule has 1 aliphatic rings. The molecule has 0 saturated carbocycles. The molecule has 1 aliphatic heterocycles. The SMILES string of the molecule is CCC(=O)Nc1ccc(S(=O)(=O)N2CCN([C@@H](CCC(N)=O)C(=O)O)C(=O)C2)cc1. The number of carbonyl (C=O) groups is 4. The monoisotopic (exact) mass is 440 g/mol. The molecule has 0 aromatic heterocycles. The van der Waals surface area contributed by atoms with Crippen molar-refractivity contribution in [3.05, 3.63) is 24.3 Å². The van der Waals surface area contributed by atoms with Gasteiger partial charge in [-0.2, -0.15) is 4.31 Å². The number of carbonyl (C=O) groups excluding carboxylic acids is 3. The van der Waals surface area contributed by atoms with Crippen LogP contribution in [0.15, 0.2) is 29.2 Å². The zero-order chi connectivity index (χ0) is 22.5. The van der Waals surface area contributed by atoms with Crippen LogP contribution in [0.4, 0.5) is 5.69 Å². The van der Waals surface area contributed by atoms with E-state index in [2.05, 4.69) is 5.32 Å². The minimum absolute atomic E-state index is 0.0539. The number of hydrogen-bond acceptors (Lipinski definition) is 6. The maximum absolute atomic E-state index is 12.8. The predicted molar refractivity (Wildman–Crippen MR) is 106 cm³/mol. The molecule has 1 fully saturated rings. The number of carboxylic acid groups (broad SMARTS) is 1. The number of benzene rings is 1. The van der Waals surface area contributed by atoms with Crippen molar-refractivity contribution in [2.24, 2.45) is 5.73 Å². The van der Waals surface area contributed by atoms with Gasteiger partial charge in [-0.3, -0.25) is 14.4 Å². The Morgan fingerprint density at radius 2 is 1.83 bits per heavy atom. The standard InChI is InChI=1S/C18H24N4O7S/c1-2-16(24)20-12-3-5-13(6-4-12)30(28,29)21-9-10-22(17(25)11-21)14(18(26)27)7-8-15(19)23/h3-6,14H,2,7-11H2,1H3,(H2,19,23)(H,20,24)(H,26,27)/t14-/m0/s1. The second kappa shape index (κ2) is 9.67. The maximum Gasteiger partial charge on any atom is 0.326 e. The summed E-state index contributed by atoms with van der Waals surface area (Å²) in [7, 11) is -3.99. The first kappa shape index (κ1) is 23.3. The third-order valence-electron chi connectivity index (χ3n) is 4.64. The van der Waals surface area contributed by atoms with E-state index in [4.69, 9.17) is 5.73 Å². The van der Waals surface area contributed by atoms with Crippen molar-refractivity contribution in [2.45, 2.75) is 37.1 Å². The zero-order valence-corrected chi connectivity index (χ0v) is 17.2. The number of amides is 3. The molecule has 1 heterocycles. The lowest BCUT2D eigenvalue weighted by Crippen LogP contribution is -2.57. The summed E-state index contributed by atoms with van der Waals surface area (Å²) in [6.07, 6.45) is -0.0685. The number of anilines is 1. The van der Waals surface area contributed by atoms with E-state index in [0.717, 1.165) is 9.21 Å². The largest absolute Gasteiger partial charge is 0.480 e. The molecule has 1 aromatic carbocycles. The van der Waals surface area contributed by atoms with E-state index in [0.29, 0.717) is 5.69 Å². The van der Waals surface area contributed by atoms with E-state index in [-0.39, 0.29) is 43.2 Å². The van der Waals surface area contributed by atoms with Gasteiger partial charge in [-0.25, -0.2) is 13.2 Å². The van der Waals surface area contributed by atoms with Gasteiger partial charge in [0, 0.05) is 31.6 Å². The number of aliphatic carboxylic acids is 1. The summed E-state index contributed by atoms with van der Waals surface area (Å²) in [5, 5.41) is 12.0. The van der Waals surface area contributed by atoms with Crippen molar-refractivity contribution < 1.29 is 32.7 Å². The van der Waals surface area contributed by atoms with E-state index in [1.807, 2.05) is 0 Å². The normalized spacial score (nSPS) is 16.2. The quantitative estimate of drug-likeness (QED) is 0.469. The Kier molecular flexibility index (Phi) is 7.51. The zero-order valence-electron chi connectivity index (χ0n) is 16.4. The summed E-state index contributed by atoms with van der Waals surface area (Å²) in [5.41, 5.74) is 5.49. The minimum atomic E-state index is -3.99. The molecule has 1 aromatic rings. The van der Waals surface area contributed by atoms with Gasteiger partial charge >= 0.3 is 5.97 Å². The van der Waals surface area contributed by atoms with E-state index in [9.17, 15) is 32.7 Å². The molecule has 0 aliphatic carbocycles. The van der Waals surface area contributed by atoms with Crippen molar-refractivity contribution in [3.63, 3.8) is 0 Å². The van der Waals surface area contributed by atoms with Crippen molar-refractivity contribution in [1.29, 1.82) is 0 Å². The number of nitrogens with zero attached hydrogens (tertiary/aromatic N) is 2. The number of nitrogens with one attached hydrogen (secondary N) is 1. The smallest absolute Gasteiger partial charge is 0.326 e. The Morgan fingerprint density at radius 1 is 1.20 bits per heavy atom. The van der Waals surface area contributed by atoms with Crippen molar-refractivity contribution in [3.8, 4) is 0 Å². The number of sulfonamides is 1. The first-order chi connectivity index (χ1) is 14.1. The van der Waals surface area contributed by atoms with Gasteiger partial charge in [0.05, 0.1) is 11.4 Å². The van der Waals surface area contributed by atoms with Gasteiger partial charge in [-0.1, -0.05) is 6.92 Å². The second-order valence-electron chi connectivity index (χ2n) is 6.71. The number of primary amides is 1. The van der Waals surface area contributed by atoms with Crippen LogP contribution in [-0.2, 0) is 29.2 Å². The fourth-order valence-electron chi connectivity index (χ4n) is 3.00. The fourth-order valence-corrected chi connectivity index (χ4v) is 4.38. The van der Waals surface area contributed by atoms with Crippen LogP contribution in [0.5, 0.6) is 0 Å². The van der Waals surface area contributed by atoms with Crippen LogP contribution in [-0.4, -0.2) is 72.1 Å². The topological polar surface area (TPSA) is 167 Å². The minimum Gasteiger partial charge on any atom is -0.480 e. The summed E-state index contributed by atoms with van der Waals surface area (Å²) in [6.45, 7) is 0.950. The summed E-state index contributed by atoms with van der Waals surface area (Å²) < 4.78 is 26.6. The van der Waals surface area contributed by atoms with Gasteiger partial charge in [0.1, 0.15) is 6.04 Å². The summed E-state index contributed by atoms with van der Waals surface area (Å²) in [4.78, 5) is 47.3. The Labute approximate surface area is 173 Å². The lowest BCUT2D eigenvalue weighted by Gasteiger charge is -2.36. The first-order valence-electron chi connectivity index (χ1n) is 9.27. The van der Waals surface area contributed by atoms with Crippen LogP contribution in [0.25, 0.3) is 0 Å². The number of piperazine rings is 1. The number of hydrogen-bond donors (Lipinski definition) is 3. The second-order valence-corrected chi connectivity index (χ2v) is 8.65. The summed E-state index contributed by atoms with van der Waals surface area (Å²) in [5.74, 6) is -2.86. The van der Waals surface area contributed by atoms with Crippen LogP contribution in [0, 0.1) is 0 Å². The van der Waals surface area contributed by atoms with E-state index in [1.54, 1.807) is 6.92 Å². The Bertz CT molecular complexity index is 930. The van der Waals surface area contributed by atoms with Gasteiger partial charge < -0.3 is 21.1 Å². The highest BCUT2D eigenvalue weighted by atomic mass is 32.2. The summed E-state index contributed by atoms with van der Waals surface area (Å²) >= 11 is 0. The third-order valence-corrected chi connectivity index (χ3v) is 6.50. The van der Waals surface area contributed by atoms with Crippen molar-refractivity contribution in [2.75, 3.05) is 25.0 Å². The lowest BCUT2D eigenvalue weighted by atomic mass is 10.1. The lowest BCUT2D eigenvalue weighted by molar-refractivity contribution is -0.152. The third kappa shape index (κ3) is 5.54. The molecule has 0 bridgehead atoms. The van der Waals surface area contributed by atoms with E-state index in [1.165, 1.54) is 24.3 Å². The van der Waals surface area contributed by atoms with Gasteiger partial charge in [-0.05, 0) is 30.7 Å². The Morgan fingerprint density at radius 3 is 2.33 bits per heavy atom. The van der Waals surface area contributed by atoms with E-state index >= 15 is 0 Å². The highest BCUT2D eigenvalue weighted by Crippen LogP contribution is 2.22. The molecule has 0 spiro atoms. The van der Waals surface area contributed by atoms with Crippen LogP contribution in [0.2, 0.25) is 0 Å². The van der Waals surface area contributed by atoms with Crippen molar-refractivity contribution in [1.82, 2.24) is 9.21 Å². The highest BCUT2D eigenvalue weighted by molar-refractivity contribution is 7.89. The molecule has 11 nitrogen and oxygen atoms in total. The molecule has 1 saturated heterocycles. The average Bonchev–Trinajstić information content (AvgIpc) is 2.68. The first-order valence-corrected chi connectivity index (χ1v) is 10.7. The molecule has 1 atom stereocenters. The molecule has 12 heteroatoms. The van der Waals surface area contributed by atoms with Gasteiger partial charge in [0.15, 0.2) is 0 Å². The molecular formula is C18H24N4O7S.